The molecule has 0 aliphatic heterocycles. The minimum absolute atomic E-state index is 0.0121. The first-order valence-corrected chi connectivity index (χ1v) is 8.73. The maximum atomic E-state index is 11.6. The molecule has 0 aromatic heterocycles. The number of carbonyl (C=O) groups excluding carboxylic acids is 1. The average Bonchev–Trinajstić information content (AvgIpc) is 2.46. The molecule has 5 heteroatoms. The summed E-state index contributed by atoms with van der Waals surface area (Å²) in [4.78, 5) is 25.3. The van der Waals surface area contributed by atoms with Gasteiger partial charge in [0.2, 0.25) is 5.91 Å². The fourth-order valence-corrected chi connectivity index (χ4v) is 3.70. The molecule has 0 radical (unpaired) electrons. The Bertz CT molecular complexity index is 442. The quantitative estimate of drug-likeness (QED) is 0.720. The summed E-state index contributed by atoms with van der Waals surface area (Å²) < 4.78 is 0. The Hall–Kier alpha value is -1.36. The average molecular weight is 324 g/mol. The molecule has 0 spiro atoms. The number of hydrogen-bond donors (Lipinski definition) is 2. The highest BCUT2D eigenvalue weighted by Gasteiger charge is 2.36. The molecule has 0 fully saturated rings. The molecular weight excluding hydrogens is 292 g/mol. The second kappa shape index (κ2) is 9.06. The van der Waals surface area contributed by atoms with Gasteiger partial charge in [0.1, 0.15) is 0 Å². The number of carboxylic acids is 1. The molecule has 0 bridgehead atoms. The number of carboxylic acid groups (broad SMARTS) is 1. The maximum Gasteiger partial charge on any atom is 0.331 e. The van der Waals surface area contributed by atoms with Crippen LogP contribution in [-0.2, 0) is 9.59 Å². The topological polar surface area (TPSA) is 69.6 Å². The van der Waals surface area contributed by atoms with Crippen LogP contribution in [0.1, 0.15) is 53.9 Å². The Morgan fingerprint density at radius 1 is 1.35 bits per heavy atom. The van der Waals surface area contributed by atoms with Gasteiger partial charge in [-0.1, -0.05) is 33.8 Å². The van der Waals surface area contributed by atoms with Gasteiger partial charge in [-0.3, -0.25) is 4.79 Å². The molecule has 0 heterocycles. The van der Waals surface area contributed by atoms with E-state index in [2.05, 4.69) is 37.9 Å². The summed E-state index contributed by atoms with van der Waals surface area (Å²) in [6.45, 7) is 11.9. The van der Waals surface area contributed by atoms with Gasteiger partial charge in [-0.15, -0.1) is 0 Å². The van der Waals surface area contributed by atoms with Crippen molar-refractivity contribution in [2.24, 2.45) is 11.8 Å². The zero-order chi connectivity index (χ0) is 17.6. The van der Waals surface area contributed by atoms with Crippen molar-refractivity contribution in [2.45, 2.75) is 66.0 Å². The Labute approximate surface area is 140 Å². The number of nitrogens with one attached hydrogen (secondary N) is 1. The molecule has 1 aliphatic rings. The van der Waals surface area contributed by atoms with E-state index in [1.54, 1.807) is 6.92 Å². The molecule has 1 amide bonds. The van der Waals surface area contributed by atoms with E-state index >= 15 is 0 Å². The zero-order valence-corrected chi connectivity index (χ0v) is 15.1. The summed E-state index contributed by atoms with van der Waals surface area (Å²) in [5, 5.41) is 12.5. The van der Waals surface area contributed by atoms with Crippen LogP contribution in [0.3, 0.4) is 0 Å². The smallest absolute Gasteiger partial charge is 0.331 e. The first kappa shape index (κ1) is 19.7. The lowest BCUT2D eigenvalue weighted by Gasteiger charge is -2.42. The number of hydrogen-bond acceptors (Lipinski definition) is 3. The van der Waals surface area contributed by atoms with Crippen molar-refractivity contribution in [3.63, 3.8) is 0 Å². The van der Waals surface area contributed by atoms with E-state index in [0.29, 0.717) is 24.3 Å². The minimum atomic E-state index is -0.819. The van der Waals surface area contributed by atoms with Crippen LogP contribution in [0.25, 0.3) is 0 Å². The first-order chi connectivity index (χ1) is 10.8. The fourth-order valence-electron chi connectivity index (χ4n) is 3.70. The predicted molar refractivity (Wildman–Crippen MR) is 92.2 cm³/mol. The Morgan fingerprint density at radius 3 is 2.39 bits per heavy atom. The van der Waals surface area contributed by atoms with Gasteiger partial charge in [-0.05, 0) is 44.2 Å². The second-order valence-electron chi connectivity index (χ2n) is 6.86. The Balaban J connectivity index is 3.08. The molecule has 3 unspecified atom stereocenters. The molecule has 1 rings (SSSR count). The van der Waals surface area contributed by atoms with Crippen LogP contribution in [0.15, 0.2) is 11.6 Å². The summed E-state index contributed by atoms with van der Waals surface area (Å²) in [5.74, 6) is -0.0964. The summed E-state index contributed by atoms with van der Waals surface area (Å²) in [6, 6.07) is 0.251. The van der Waals surface area contributed by atoms with Crippen LogP contribution >= 0.6 is 0 Å². The van der Waals surface area contributed by atoms with Crippen molar-refractivity contribution in [2.75, 3.05) is 13.1 Å². The van der Waals surface area contributed by atoms with Crippen LogP contribution in [0, 0.1) is 11.8 Å². The van der Waals surface area contributed by atoms with Gasteiger partial charge in [0.15, 0.2) is 0 Å². The number of amides is 1. The molecule has 0 aromatic rings. The van der Waals surface area contributed by atoms with Gasteiger partial charge in [-0.2, -0.15) is 0 Å². The van der Waals surface area contributed by atoms with Gasteiger partial charge < -0.3 is 15.3 Å². The number of allylic oxidation sites excluding steroid dienone is 1. The highest BCUT2D eigenvalue weighted by Crippen LogP contribution is 2.33. The van der Waals surface area contributed by atoms with E-state index in [1.807, 2.05) is 6.08 Å². The number of nitrogens with zero attached hydrogens (tertiary/aromatic N) is 1. The van der Waals surface area contributed by atoms with E-state index in [-0.39, 0.29) is 23.9 Å². The van der Waals surface area contributed by atoms with Crippen LogP contribution in [0.4, 0.5) is 0 Å². The molecule has 0 saturated heterocycles. The lowest BCUT2D eigenvalue weighted by Crippen LogP contribution is -2.52. The molecule has 0 aromatic carbocycles. The van der Waals surface area contributed by atoms with Crippen molar-refractivity contribution in [1.29, 1.82) is 0 Å². The Kier molecular flexibility index (Phi) is 7.76. The zero-order valence-electron chi connectivity index (χ0n) is 15.1. The van der Waals surface area contributed by atoms with Crippen LogP contribution in [0.2, 0.25) is 0 Å². The molecule has 0 saturated carbocycles. The van der Waals surface area contributed by atoms with Gasteiger partial charge in [0.25, 0.3) is 0 Å². The molecule has 1 aliphatic carbocycles. The van der Waals surface area contributed by atoms with E-state index in [0.717, 1.165) is 19.5 Å². The van der Waals surface area contributed by atoms with Crippen molar-refractivity contribution < 1.29 is 14.7 Å². The van der Waals surface area contributed by atoms with E-state index in [9.17, 15) is 14.7 Å². The van der Waals surface area contributed by atoms with Crippen molar-refractivity contribution in [3.8, 4) is 0 Å². The lowest BCUT2D eigenvalue weighted by atomic mass is 9.77. The summed E-state index contributed by atoms with van der Waals surface area (Å²) in [7, 11) is 0. The molecular formula is C18H32N2O3. The minimum Gasteiger partial charge on any atom is -0.478 e. The number of rotatable bonds is 8. The normalized spacial score (nSPS) is 22.8. The van der Waals surface area contributed by atoms with Crippen LogP contribution in [0.5, 0.6) is 0 Å². The van der Waals surface area contributed by atoms with E-state index in [4.69, 9.17) is 0 Å². The number of aliphatic carboxylic acids is 1. The van der Waals surface area contributed by atoms with Crippen LogP contribution in [-0.4, -0.2) is 47.1 Å². The third-order valence-corrected chi connectivity index (χ3v) is 4.75. The van der Waals surface area contributed by atoms with Gasteiger partial charge in [-0.25, -0.2) is 4.79 Å². The maximum absolute atomic E-state index is 11.6. The van der Waals surface area contributed by atoms with Gasteiger partial charge >= 0.3 is 5.97 Å². The number of carbonyl (C=O) groups is 2. The highest BCUT2D eigenvalue weighted by atomic mass is 16.4. The van der Waals surface area contributed by atoms with Gasteiger partial charge in [0, 0.05) is 24.6 Å². The summed E-state index contributed by atoms with van der Waals surface area (Å²) >= 11 is 0. The highest BCUT2D eigenvalue weighted by molar-refractivity contribution is 5.86. The van der Waals surface area contributed by atoms with Crippen molar-refractivity contribution >= 4 is 11.9 Å². The van der Waals surface area contributed by atoms with Crippen LogP contribution < -0.4 is 5.32 Å². The largest absolute Gasteiger partial charge is 0.478 e. The van der Waals surface area contributed by atoms with Gasteiger partial charge in [0.05, 0.1) is 0 Å². The second-order valence-corrected chi connectivity index (χ2v) is 6.86. The first-order valence-electron chi connectivity index (χ1n) is 8.73. The summed E-state index contributed by atoms with van der Waals surface area (Å²) in [6.07, 6.45) is 4.02. The van der Waals surface area contributed by atoms with Crippen molar-refractivity contribution in [3.05, 3.63) is 11.6 Å². The van der Waals surface area contributed by atoms with E-state index < -0.39 is 5.97 Å². The molecule has 132 valence electrons. The predicted octanol–water partition coefficient (Wildman–Crippen LogP) is 2.67. The monoisotopic (exact) mass is 324 g/mol. The standard InChI is InChI=1S/C18H32N2O3/c1-6-20(7-2)17-11-14(18(22)23)8-9-15(17)16(10-12(3)4)19-13(5)21/h8,12,15-17H,6-7,9-11H2,1-5H3,(H,19,21)(H,22,23). The molecule has 5 nitrogen and oxygen atoms in total. The molecule has 2 N–H and O–H groups in total. The fraction of sp³-hybridized carbons (Fsp3) is 0.778. The molecule has 3 atom stereocenters. The molecule has 23 heavy (non-hydrogen) atoms. The van der Waals surface area contributed by atoms with E-state index in [1.165, 1.54) is 0 Å². The Morgan fingerprint density at radius 2 is 1.96 bits per heavy atom. The third-order valence-electron chi connectivity index (χ3n) is 4.75. The SMILES string of the molecule is CCN(CC)C1CC(C(=O)O)=CCC1C(CC(C)C)NC(C)=O. The third kappa shape index (κ3) is 5.65. The summed E-state index contributed by atoms with van der Waals surface area (Å²) in [5.41, 5.74) is 0.504. The lowest BCUT2D eigenvalue weighted by molar-refractivity contribution is -0.133. The van der Waals surface area contributed by atoms with Crippen molar-refractivity contribution in [1.82, 2.24) is 10.2 Å².